The lowest BCUT2D eigenvalue weighted by Gasteiger charge is -2.31. The fourth-order valence-electron chi connectivity index (χ4n) is 2.43. The van der Waals surface area contributed by atoms with Crippen LogP contribution in [0.1, 0.15) is 51.4 Å². The fourth-order valence-corrected chi connectivity index (χ4v) is 2.43. The molecular formula is C13H26N2O2. The molecule has 1 rings (SSSR count). The van der Waals surface area contributed by atoms with Crippen LogP contribution in [0.15, 0.2) is 0 Å². The van der Waals surface area contributed by atoms with Crippen LogP contribution in [-0.2, 0) is 9.53 Å². The van der Waals surface area contributed by atoms with Gasteiger partial charge in [-0.25, -0.2) is 0 Å². The number of nitrogens with one attached hydrogen (secondary N) is 1. The van der Waals surface area contributed by atoms with Crippen LogP contribution in [0, 0.1) is 0 Å². The van der Waals surface area contributed by atoms with Gasteiger partial charge in [0, 0.05) is 26.6 Å². The molecule has 3 N–H and O–H groups in total. The van der Waals surface area contributed by atoms with Crippen molar-refractivity contribution >= 4 is 5.91 Å². The number of amides is 1. The van der Waals surface area contributed by atoms with Crippen molar-refractivity contribution in [1.29, 1.82) is 0 Å². The summed E-state index contributed by atoms with van der Waals surface area (Å²) >= 11 is 0. The molecule has 100 valence electrons. The van der Waals surface area contributed by atoms with Crippen molar-refractivity contribution in [2.45, 2.75) is 57.0 Å². The van der Waals surface area contributed by atoms with Gasteiger partial charge in [0.25, 0.3) is 0 Å². The van der Waals surface area contributed by atoms with Gasteiger partial charge in [-0.05, 0) is 19.3 Å². The molecule has 0 heterocycles. The van der Waals surface area contributed by atoms with Gasteiger partial charge in [-0.15, -0.1) is 0 Å². The molecule has 1 saturated carbocycles. The Morgan fingerprint density at radius 3 is 2.47 bits per heavy atom. The number of hydrogen-bond acceptors (Lipinski definition) is 3. The molecule has 1 aliphatic carbocycles. The number of carbonyl (C=O) groups excluding carboxylic acids is 1. The van der Waals surface area contributed by atoms with E-state index in [1.54, 1.807) is 7.05 Å². The van der Waals surface area contributed by atoms with Crippen molar-refractivity contribution in [2.75, 3.05) is 20.2 Å². The molecule has 0 saturated heterocycles. The highest BCUT2D eigenvalue weighted by molar-refractivity contribution is 5.75. The van der Waals surface area contributed by atoms with Crippen molar-refractivity contribution in [1.82, 2.24) is 5.32 Å². The molecule has 0 aromatic rings. The van der Waals surface area contributed by atoms with Crippen molar-refractivity contribution < 1.29 is 9.53 Å². The average molecular weight is 242 g/mol. The van der Waals surface area contributed by atoms with Gasteiger partial charge in [-0.1, -0.05) is 25.7 Å². The van der Waals surface area contributed by atoms with Crippen LogP contribution in [0.2, 0.25) is 0 Å². The monoisotopic (exact) mass is 242 g/mol. The molecule has 17 heavy (non-hydrogen) atoms. The minimum Gasteiger partial charge on any atom is -0.374 e. The molecular weight excluding hydrogens is 216 g/mol. The maximum absolute atomic E-state index is 11.1. The molecule has 4 nitrogen and oxygen atoms in total. The maximum Gasteiger partial charge on any atom is 0.219 e. The second kappa shape index (κ2) is 7.67. The predicted octanol–water partition coefficient (Wildman–Crippen LogP) is 1.58. The first-order chi connectivity index (χ1) is 8.22. The molecule has 1 fully saturated rings. The zero-order valence-corrected chi connectivity index (χ0v) is 11.0. The lowest BCUT2D eigenvalue weighted by Crippen LogP contribution is -2.40. The fraction of sp³-hybridized carbons (Fsp3) is 0.923. The second-order valence-electron chi connectivity index (χ2n) is 4.93. The number of hydrogen-bond donors (Lipinski definition) is 2. The van der Waals surface area contributed by atoms with E-state index in [-0.39, 0.29) is 11.5 Å². The lowest BCUT2D eigenvalue weighted by molar-refractivity contribution is -0.121. The van der Waals surface area contributed by atoms with Crippen LogP contribution < -0.4 is 11.1 Å². The summed E-state index contributed by atoms with van der Waals surface area (Å²) in [4.78, 5) is 11.1. The standard InChI is InChI=1S/C13H26N2O2/c1-15-12(16)7-6-10-17-13(11-14)8-4-2-3-5-9-13/h2-11,14H2,1H3,(H,15,16). The first-order valence-corrected chi connectivity index (χ1v) is 6.77. The van der Waals surface area contributed by atoms with Gasteiger partial charge in [0.05, 0.1) is 5.60 Å². The Labute approximate surface area is 104 Å². The highest BCUT2D eigenvalue weighted by atomic mass is 16.5. The van der Waals surface area contributed by atoms with Crippen molar-refractivity contribution in [2.24, 2.45) is 5.73 Å². The quantitative estimate of drug-likeness (QED) is 0.549. The third-order valence-corrected chi connectivity index (χ3v) is 3.62. The van der Waals surface area contributed by atoms with E-state index in [0.717, 1.165) is 19.3 Å². The van der Waals surface area contributed by atoms with Gasteiger partial charge in [0.2, 0.25) is 5.91 Å². The van der Waals surface area contributed by atoms with E-state index in [9.17, 15) is 4.79 Å². The van der Waals surface area contributed by atoms with E-state index in [0.29, 0.717) is 19.6 Å². The smallest absolute Gasteiger partial charge is 0.219 e. The Kier molecular flexibility index (Phi) is 6.52. The molecule has 0 unspecified atom stereocenters. The lowest BCUT2D eigenvalue weighted by atomic mass is 9.94. The average Bonchev–Trinajstić information content (AvgIpc) is 2.60. The Morgan fingerprint density at radius 1 is 1.29 bits per heavy atom. The van der Waals surface area contributed by atoms with Gasteiger partial charge < -0.3 is 15.8 Å². The summed E-state index contributed by atoms with van der Waals surface area (Å²) in [7, 11) is 1.66. The topological polar surface area (TPSA) is 64.3 Å². The molecule has 0 bridgehead atoms. The Morgan fingerprint density at radius 2 is 1.94 bits per heavy atom. The summed E-state index contributed by atoms with van der Waals surface area (Å²) in [6.07, 6.45) is 8.48. The minimum atomic E-state index is -0.112. The first-order valence-electron chi connectivity index (χ1n) is 6.77. The minimum absolute atomic E-state index is 0.0799. The van der Waals surface area contributed by atoms with Crippen LogP contribution in [-0.4, -0.2) is 31.7 Å². The predicted molar refractivity (Wildman–Crippen MR) is 68.7 cm³/mol. The van der Waals surface area contributed by atoms with Crippen molar-refractivity contribution in [3.8, 4) is 0 Å². The summed E-state index contributed by atoms with van der Waals surface area (Å²) in [5.41, 5.74) is 5.76. The summed E-state index contributed by atoms with van der Waals surface area (Å²) < 4.78 is 5.99. The van der Waals surface area contributed by atoms with Gasteiger partial charge in [-0.2, -0.15) is 0 Å². The molecule has 1 aliphatic rings. The van der Waals surface area contributed by atoms with E-state index < -0.39 is 0 Å². The van der Waals surface area contributed by atoms with Gasteiger partial charge in [0.15, 0.2) is 0 Å². The van der Waals surface area contributed by atoms with Gasteiger partial charge in [-0.3, -0.25) is 4.79 Å². The van der Waals surface area contributed by atoms with Gasteiger partial charge >= 0.3 is 0 Å². The molecule has 0 spiro atoms. The Hall–Kier alpha value is -0.610. The number of ether oxygens (including phenoxy) is 1. The Bertz CT molecular complexity index is 223. The summed E-state index contributed by atoms with van der Waals surface area (Å²) in [5, 5.41) is 2.62. The number of rotatable bonds is 6. The normalized spacial score (nSPS) is 19.6. The van der Waals surface area contributed by atoms with Crippen LogP contribution in [0.25, 0.3) is 0 Å². The molecule has 4 heteroatoms. The Balaban J connectivity index is 2.27. The van der Waals surface area contributed by atoms with Crippen LogP contribution in [0.4, 0.5) is 0 Å². The number of carbonyl (C=O) groups is 1. The zero-order valence-electron chi connectivity index (χ0n) is 11.0. The highest BCUT2D eigenvalue weighted by Gasteiger charge is 2.29. The molecule has 0 aromatic carbocycles. The van der Waals surface area contributed by atoms with Crippen LogP contribution >= 0.6 is 0 Å². The first kappa shape index (κ1) is 14.5. The van der Waals surface area contributed by atoms with Crippen LogP contribution in [0.3, 0.4) is 0 Å². The molecule has 1 amide bonds. The molecule has 0 aliphatic heterocycles. The van der Waals surface area contributed by atoms with Crippen molar-refractivity contribution in [3.05, 3.63) is 0 Å². The van der Waals surface area contributed by atoms with E-state index in [1.165, 1.54) is 25.7 Å². The van der Waals surface area contributed by atoms with Gasteiger partial charge in [0.1, 0.15) is 0 Å². The molecule has 0 atom stereocenters. The third-order valence-electron chi connectivity index (χ3n) is 3.62. The van der Waals surface area contributed by atoms with E-state index in [4.69, 9.17) is 10.5 Å². The SMILES string of the molecule is CNC(=O)CCCOC1(CN)CCCCCC1. The van der Waals surface area contributed by atoms with Crippen LogP contribution in [0.5, 0.6) is 0 Å². The van der Waals surface area contributed by atoms with Crippen molar-refractivity contribution in [3.63, 3.8) is 0 Å². The molecule has 0 aromatic heterocycles. The number of nitrogens with two attached hydrogens (primary N) is 1. The zero-order chi connectivity index (χ0) is 12.6. The largest absolute Gasteiger partial charge is 0.374 e. The van der Waals surface area contributed by atoms with E-state index >= 15 is 0 Å². The summed E-state index contributed by atoms with van der Waals surface area (Å²) in [6, 6.07) is 0. The summed E-state index contributed by atoms with van der Waals surface area (Å²) in [5.74, 6) is 0.0799. The maximum atomic E-state index is 11.1. The third kappa shape index (κ3) is 5.04. The van der Waals surface area contributed by atoms with E-state index in [2.05, 4.69) is 5.32 Å². The second-order valence-corrected chi connectivity index (χ2v) is 4.93. The highest BCUT2D eigenvalue weighted by Crippen LogP contribution is 2.29. The summed E-state index contributed by atoms with van der Waals surface area (Å²) in [6.45, 7) is 1.25. The molecule has 0 radical (unpaired) electrons. The van der Waals surface area contributed by atoms with E-state index in [1.807, 2.05) is 0 Å².